The molecule has 0 fully saturated rings. The van der Waals surface area contributed by atoms with Crippen molar-refractivity contribution < 1.29 is 14.7 Å². The van der Waals surface area contributed by atoms with Crippen LogP contribution in [-0.4, -0.2) is 29.2 Å². The fourth-order valence-electron chi connectivity index (χ4n) is 1.43. The highest BCUT2D eigenvalue weighted by Crippen LogP contribution is 2.00. The molecule has 17 heavy (non-hydrogen) atoms. The first-order valence-corrected chi connectivity index (χ1v) is 5.78. The van der Waals surface area contributed by atoms with Gasteiger partial charge in [0.05, 0.1) is 0 Å². The molecule has 0 aliphatic rings. The second kappa shape index (κ2) is 8.45. The molecule has 3 N–H and O–H groups in total. The minimum absolute atomic E-state index is 0.0205. The minimum atomic E-state index is -1.12. The molecule has 0 bridgehead atoms. The molecule has 0 saturated carbocycles. The number of terminal acetylenes is 1. The number of nitrogens with one attached hydrogen (secondary N) is 2. The maximum atomic E-state index is 11.5. The lowest BCUT2D eigenvalue weighted by atomic mass is 10.1. The number of aliphatic carboxylic acids is 1. The Hall–Kier alpha value is -1.70. The molecule has 2 amide bonds. The number of hydrogen-bond donors (Lipinski definition) is 3. The molecule has 5 heteroatoms. The van der Waals surface area contributed by atoms with Crippen molar-refractivity contribution in [3.05, 3.63) is 0 Å². The van der Waals surface area contributed by atoms with Gasteiger partial charge in [0.1, 0.15) is 6.04 Å². The van der Waals surface area contributed by atoms with E-state index in [1.807, 2.05) is 13.8 Å². The van der Waals surface area contributed by atoms with Crippen molar-refractivity contribution in [3.63, 3.8) is 0 Å². The first-order chi connectivity index (χ1) is 8.04. The Kier molecular flexibility index (Phi) is 7.61. The number of amides is 2. The summed E-state index contributed by atoms with van der Waals surface area (Å²) in [6.45, 7) is 4.00. The van der Waals surface area contributed by atoms with Crippen molar-refractivity contribution >= 4 is 12.0 Å². The van der Waals surface area contributed by atoms with E-state index >= 15 is 0 Å². The second-order valence-corrected chi connectivity index (χ2v) is 3.81. The van der Waals surface area contributed by atoms with Gasteiger partial charge in [0, 0.05) is 12.5 Å². The highest BCUT2D eigenvalue weighted by atomic mass is 16.4. The second-order valence-electron chi connectivity index (χ2n) is 3.81. The summed E-state index contributed by atoms with van der Waals surface area (Å²) >= 11 is 0. The summed E-state index contributed by atoms with van der Waals surface area (Å²) in [6.07, 6.45) is 7.66. The average Bonchev–Trinajstić information content (AvgIpc) is 2.27. The lowest BCUT2D eigenvalue weighted by molar-refractivity contribution is -0.139. The molecule has 0 aromatic heterocycles. The number of carbonyl (C=O) groups excluding carboxylic acids is 1. The maximum Gasteiger partial charge on any atom is 0.327 e. The van der Waals surface area contributed by atoms with Crippen LogP contribution in [0.15, 0.2) is 0 Å². The van der Waals surface area contributed by atoms with Crippen LogP contribution in [0.1, 0.15) is 39.5 Å². The van der Waals surface area contributed by atoms with E-state index in [2.05, 4.69) is 16.6 Å². The lowest BCUT2D eigenvalue weighted by Gasteiger charge is -2.18. The third kappa shape index (κ3) is 6.46. The quantitative estimate of drug-likeness (QED) is 0.588. The van der Waals surface area contributed by atoms with Gasteiger partial charge in [-0.2, -0.15) is 0 Å². The summed E-state index contributed by atoms with van der Waals surface area (Å²) in [5.74, 6) is 1.10. The predicted molar refractivity (Wildman–Crippen MR) is 65.5 cm³/mol. The third-order valence-corrected chi connectivity index (χ3v) is 2.39. The third-order valence-electron chi connectivity index (χ3n) is 2.39. The van der Waals surface area contributed by atoms with E-state index in [1.54, 1.807) is 0 Å². The normalized spacial score (nSPS) is 13.2. The largest absolute Gasteiger partial charge is 0.480 e. The van der Waals surface area contributed by atoms with Crippen molar-refractivity contribution in [2.75, 3.05) is 0 Å². The van der Waals surface area contributed by atoms with Gasteiger partial charge in [-0.25, -0.2) is 9.59 Å². The van der Waals surface area contributed by atoms with E-state index in [4.69, 9.17) is 11.5 Å². The molecule has 0 spiro atoms. The molecule has 0 aliphatic carbocycles. The Bertz CT molecular complexity index is 297. The fourth-order valence-corrected chi connectivity index (χ4v) is 1.43. The van der Waals surface area contributed by atoms with Crippen LogP contribution in [0, 0.1) is 12.3 Å². The van der Waals surface area contributed by atoms with Gasteiger partial charge in [0.15, 0.2) is 0 Å². The Labute approximate surface area is 102 Å². The summed E-state index contributed by atoms with van der Waals surface area (Å²) in [4.78, 5) is 22.3. The van der Waals surface area contributed by atoms with E-state index in [0.29, 0.717) is 0 Å². The Morgan fingerprint density at radius 1 is 1.35 bits per heavy atom. The first kappa shape index (κ1) is 15.3. The van der Waals surface area contributed by atoms with Crippen molar-refractivity contribution in [1.29, 1.82) is 0 Å². The lowest BCUT2D eigenvalue weighted by Crippen LogP contribution is -2.48. The van der Waals surface area contributed by atoms with Gasteiger partial charge >= 0.3 is 12.0 Å². The fraction of sp³-hybridized carbons (Fsp3) is 0.667. The molecule has 2 unspecified atom stereocenters. The van der Waals surface area contributed by atoms with Gasteiger partial charge in [0.25, 0.3) is 0 Å². The van der Waals surface area contributed by atoms with Crippen LogP contribution in [0.3, 0.4) is 0 Å². The summed E-state index contributed by atoms with van der Waals surface area (Å²) < 4.78 is 0. The van der Waals surface area contributed by atoms with Crippen molar-refractivity contribution in [1.82, 2.24) is 10.6 Å². The van der Waals surface area contributed by atoms with Crippen LogP contribution in [0.25, 0.3) is 0 Å². The van der Waals surface area contributed by atoms with Gasteiger partial charge in [-0.1, -0.05) is 20.3 Å². The summed E-state index contributed by atoms with van der Waals surface area (Å²) in [5.41, 5.74) is 0. The predicted octanol–water partition coefficient (Wildman–Crippen LogP) is 1.34. The van der Waals surface area contributed by atoms with Crippen molar-refractivity contribution in [2.45, 2.75) is 51.6 Å². The van der Waals surface area contributed by atoms with Gasteiger partial charge in [-0.15, -0.1) is 12.3 Å². The van der Waals surface area contributed by atoms with Crippen molar-refractivity contribution in [2.24, 2.45) is 0 Å². The smallest absolute Gasteiger partial charge is 0.327 e. The molecule has 0 rings (SSSR count). The molecule has 0 aromatic rings. The van der Waals surface area contributed by atoms with E-state index in [9.17, 15) is 9.59 Å². The molecule has 0 radical (unpaired) electrons. The Balaban J connectivity index is 4.22. The van der Waals surface area contributed by atoms with Crippen LogP contribution < -0.4 is 10.6 Å². The highest BCUT2D eigenvalue weighted by Gasteiger charge is 2.19. The molecule has 0 aliphatic heterocycles. The Morgan fingerprint density at radius 2 is 2.00 bits per heavy atom. The molecular formula is C12H20N2O3. The number of carboxylic acid groups (broad SMARTS) is 1. The molecule has 96 valence electrons. The number of urea groups is 1. The maximum absolute atomic E-state index is 11.5. The molecule has 0 saturated heterocycles. The topological polar surface area (TPSA) is 78.4 Å². The van der Waals surface area contributed by atoms with Gasteiger partial charge < -0.3 is 15.7 Å². The monoisotopic (exact) mass is 240 g/mol. The summed E-state index contributed by atoms with van der Waals surface area (Å²) in [6, 6.07) is -1.44. The average molecular weight is 240 g/mol. The number of carbonyl (C=O) groups is 2. The van der Waals surface area contributed by atoms with Crippen LogP contribution in [-0.2, 0) is 4.79 Å². The van der Waals surface area contributed by atoms with E-state index in [-0.39, 0.29) is 12.5 Å². The number of rotatable bonds is 7. The van der Waals surface area contributed by atoms with Crippen molar-refractivity contribution in [3.8, 4) is 12.3 Å². The van der Waals surface area contributed by atoms with Gasteiger partial charge in [0.2, 0.25) is 0 Å². The summed E-state index contributed by atoms with van der Waals surface area (Å²) in [5, 5.41) is 13.9. The van der Waals surface area contributed by atoms with Gasteiger partial charge in [-0.05, 0) is 12.8 Å². The minimum Gasteiger partial charge on any atom is -0.480 e. The Morgan fingerprint density at radius 3 is 2.41 bits per heavy atom. The SMILES string of the molecule is C#CCC(NC(=O)NC(CC)CCC)C(=O)O. The molecule has 5 nitrogen and oxygen atoms in total. The van der Waals surface area contributed by atoms with E-state index in [0.717, 1.165) is 19.3 Å². The summed E-state index contributed by atoms with van der Waals surface area (Å²) in [7, 11) is 0. The molecule has 2 atom stereocenters. The van der Waals surface area contributed by atoms with Gasteiger partial charge in [-0.3, -0.25) is 0 Å². The zero-order valence-corrected chi connectivity index (χ0v) is 10.3. The van der Waals surface area contributed by atoms with Crippen LogP contribution >= 0.6 is 0 Å². The van der Waals surface area contributed by atoms with Crippen LogP contribution in [0.2, 0.25) is 0 Å². The molecule has 0 heterocycles. The zero-order valence-electron chi connectivity index (χ0n) is 10.3. The van der Waals surface area contributed by atoms with E-state index in [1.165, 1.54) is 0 Å². The first-order valence-electron chi connectivity index (χ1n) is 5.78. The van der Waals surface area contributed by atoms with Crippen LogP contribution in [0.4, 0.5) is 4.79 Å². The highest BCUT2D eigenvalue weighted by molar-refractivity contribution is 5.82. The zero-order chi connectivity index (χ0) is 13.3. The molecular weight excluding hydrogens is 220 g/mol. The number of carboxylic acids is 1. The van der Waals surface area contributed by atoms with E-state index < -0.39 is 18.0 Å². The number of hydrogen-bond acceptors (Lipinski definition) is 2. The van der Waals surface area contributed by atoms with Crippen LogP contribution in [0.5, 0.6) is 0 Å². The molecule has 0 aromatic carbocycles. The standard InChI is InChI=1S/C12H20N2O3/c1-4-7-9(6-3)13-12(17)14-10(8-5-2)11(15)16/h2,9-10H,4,6-8H2,1,3H3,(H,15,16)(H2,13,14,17).